The molecule has 2 rings (SSSR count). The third-order valence-electron chi connectivity index (χ3n) is 3.46. The van der Waals surface area contributed by atoms with Crippen LogP contribution in [-0.2, 0) is 9.59 Å². The number of halogens is 2. The molecular weight excluding hydrogens is 284 g/mol. The van der Waals surface area contributed by atoms with Gasteiger partial charge in [0.1, 0.15) is 0 Å². The van der Waals surface area contributed by atoms with E-state index in [1.807, 2.05) is 0 Å². The molecule has 0 atom stereocenters. The first-order valence-corrected chi connectivity index (χ1v) is 6.56. The minimum absolute atomic E-state index is 0.316. The molecule has 1 fully saturated rings. The van der Waals surface area contributed by atoms with Gasteiger partial charge in [0.25, 0.3) is 5.91 Å². The van der Waals surface area contributed by atoms with Gasteiger partial charge in [-0.15, -0.1) is 0 Å². The summed E-state index contributed by atoms with van der Waals surface area (Å²) in [5.74, 6) is -4.15. The summed E-state index contributed by atoms with van der Waals surface area (Å²) in [5, 5.41) is 8.87. The number of carboxylic acid groups (broad SMARTS) is 1. The van der Waals surface area contributed by atoms with Gasteiger partial charge in [-0.2, -0.15) is 4.39 Å². The highest BCUT2D eigenvalue weighted by Crippen LogP contribution is 2.20. The van der Waals surface area contributed by atoms with Crippen molar-refractivity contribution in [1.29, 1.82) is 0 Å². The van der Waals surface area contributed by atoms with Crippen molar-refractivity contribution in [2.24, 2.45) is 5.92 Å². The molecule has 1 aliphatic heterocycles. The SMILES string of the molecule is O=C(O)C1CCN(C(=O)COc2cccc(F)c2F)CC1. The van der Waals surface area contributed by atoms with Gasteiger partial charge in [-0.1, -0.05) is 6.07 Å². The minimum atomic E-state index is -1.13. The fourth-order valence-electron chi connectivity index (χ4n) is 2.20. The van der Waals surface area contributed by atoms with Crippen molar-refractivity contribution >= 4 is 11.9 Å². The van der Waals surface area contributed by atoms with E-state index in [0.717, 1.165) is 6.07 Å². The Morgan fingerprint density at radius 3 is 2.57 bits per heavy atom. The molecule has 7 heteroatoms. The first kappa shape index (κ1) is 15.2. The van der Waals surface area contributed by atoms with Crippen molar-refractivity contribution in [2.45, 2.75) is 12.8 Å². The number of amides is 1. The lowest BCUT2D eigenvalue weighted by Crippen LogP contribution is -2.42. The summed E-state index contributed by atoms with van der Waals surface area (Å²) in [6.45, 7) is 0.244. The third-order valence-corrected chi connectivity index (χ3v) is 3.46. The number of hydrogen-bond acceptors (Lipinski definition) is 3. The van der Waals surface area contributed by atoms with E-state index in [-0.39, 0.29) is 11.7 Å². The van der Waals surface area contributed by atoms with Gasteiger partial charge in [-0.3, -0.25) is 9.59 Å². The highest BCUT2D eigenvalue weighted by Gasteiger charge is 2.27. The second kappa shape index (κ2) is 6.51. The number of ether oxygens (including phenoxy) is 1. The van der Waals surface area contributed by atoms with Crippen molar-refractivity contribution in [1.82, 2.24) is 4.90 Å². The van der Waals surface area contributed by atoms with Crippen molar-refractivity contribution in [3.63, 3.8) is 0 Å². The Kier molecular flexibility index (Phi) is 4.72. The number of piperidine rings is 1. The molecule has 0 unspecified atom stereocenters. The predicted octanol–water partition coefficient (Wildman–Crippen LogP) is 1.67. The van der Waals surface area contributed by atoms with E-state index in [9.17, 15) is 18.4 Å². The predicted molar refractivity (Wildman–Crippen MR) is 68.8 cm³/mol. The van der Waals surface area contributed by atoms with Gasteiger partial charge in [0.15, 0.2) is 18.2 Å². The van der Waals surface area contributed by atoms with Gasteiger partial charge in [0.05, 0.1) is 5.92 Å². The monoisotopic (exact) mass is 299 g/mol. The van der Waals surface area contributed by atoms with Crippen LogP contribution < -0.4 is 4.74 Å². The minimum Gasteiger partial charge on any atom is -0.481 e. The Morgan fingerprint density at radius 2 is 1.95 bits per heavy atom. The molecule has 0 aromatic heterocycles. The van der Waals surface area contributed by atoms with Crippen molar-refractivity contribution in [2.75, 3.05) is 19.7 Å². The summed E-state index contributed by atoms with van der Waals surface area (Å²) < 4.78 is 31.3. The average molecular weight is 299 g/mol. The molecule has 21 heavy (non-hydrogen) atoms. The van der Waals surface area contributed by atoms with Crippen LogP contribution in [0, 0.1) is 17.6 Å². The molecule has 5 nitrogen and oxygen atoms in total. The van der Waals surface area contributed by atoms with E-state index < -0.39 is 30.1 Å². The largest absolute Gasteiger partial charge is 0.481 e. The summed E-state index contributed by atoms with van der Waals surface area (Å²) >= 11 is 0. The Labute approximate surface area is 120 Å². The van der Waals surface area contributed by atoms with Gasteiger partial charge < -0.3 is 14.7 Å². The van der Waals surface area contributed by atoms with Crippen molar-refractivity contribution < 1.29 is 28.2 Å². The Balaban J connectivity index is 1.85. The molecule has 1 heterocycles. The zero-order valence-corrected chi connectivity index (χ0v) is 11.2. The van der Waals surface area contributed by atoms with Crippen LogP contribution in [0.15, 0.2) is 18.2 Å². The van der Waals surface area contributed by atoms with Crippen LogP contribution in [0.2, 0.25) is 0 Å². The summed E-state index contributed by atoms with van der Waals surface area (Å²) in [6, 6.07) is 3.49. The lowest BCUT2D eigenvalue weighted by Gasteiger charge is -2.30. The first-order valence-electron chi connectivity index (χ1n) is 6.56. The summed E-state index contributed by atoms with van der Waals surface area (Å²) in [5.41, 5.74) is 0. The van der Waals surface area contributed by atoms with Gasteiger partial charge >= 0.3 is 5.97 Å². The molecule has 1 aliphatic rings. The van der Waals surface area contributed by atoms with Crippen LogP contribution in [0.1, 0.15) is 12.8 Å². The molecule has 1 amide bonds. The fourth-order valence-corrected chi connectivity index (χ4v) is 2.20. The van der Waals surface area contributed by atoms with Gasteiger partial charge in [-0.05, 0) is 25.0 Å². The number of likely N-dealkylation sites (tertiary alicyclic amines) is 1. The van der Waals surface area contributed by atoms with Crippen LogP contribution in [0.4, 0.5) is 8.78 Å². The number of benzene rings is 1. The third kappa shape index (κ3) is 3.68. The highest BCUT2D eigenvalue weighted by atomic mass is 19.2. The normalized spacial score (nSPS) is 15.8. The van der Waals surface area contributed by atoms with Crippen LogP contribution in [0.3, 0.4) is 0 Å². The molecule has 0 radical (unpaired) electrons. The van der Waals surface area contributed by atoms with Gasteiger partial charge in [0.2, 0.25) is 5.82 Å². The van der Waals surface area contributed by atoms with Crippen molar-refractivity contribution in [3.05, 3.63) is 29.8 Å². The zero-order chi connectivity index (χ0) is 15.4. The van der Waals surface area contributed by atoms with E-state index >= 15 is 0 Å². The number of carbonyl (C=O) groups excluding carboxylic acids is 1. The average Bonchev–Trinajstić information content (AvgIpc) is 2.48. The van der Waals surface area contributed by atoms with E-state index in [0.29, 0.717) is 25.9 Å². The standard InChI is InChI=1S/C14H15F2NO4/c15-10-2-1-3-11(13(10)16)21-8-12(18)17-6-4-9(5-7-17)14(19)20/h1-3,9H,4-8H2,(H,19,20). The smallest absolute Gasteiger partial charge is 0.306 e. The molecule has 1 aromatic carbocycles. The summed E-state index contributed by atoms with van der Waals surface area (Å²) in [6.07, 6.45) is 0.769. The van der Waals surface area contributed by atoms with E-state index in [1.54, 1.807) is 0 Å². The van der Waals surface area contributed by atoms with Crippen LogP contribution in [0.5, 0.6) is 5.75 Å². The maximum absolute atomic E-state index is 13.3. The Hall–Kier alpha value is -2.18. The second-order valence-electron chi connectivity index (χ2n) is 4.83. The Morgan fingerprint density at radius 1 is 1.29 bits per heavy atom. The molecule has 1 N–H and O–H groups in total. The van der Waals surface area contributed by atoms with E-state index in [2.05, 4.69) is 0 Å². The maximum Gasteiger partial charge on any atom is 0.306 e. The van der Waals surface area contributed by atoms with Crippen LogP contribution >= 0.6 is 0 Å². The van der Waals surface area contributed by atoms with E-state index in [4.69, 9.17) is 9.84 Å². The van der Waals surface area contributed by atoms with Crippen molar-refractivity contribution in [3.8, 4) is 5.75 Å². The molecule has 0 aliphatic carbocycles. The first-order chi connectivity index (χ1) is 9.99. The zero-order valence-electron chi connectivity index (χ0n) is 11.2. The maximum atomic E-state index is 13.3. The van der Waals surface area contributed by atoms with Crippen LogP contribution in [0.25, 0.3) is 0 Å². The second-order valence-corrected chi connectivity index (χ2v) is 4.83. The molecule has 1 saturated heterocycles. The van der Waals surface area contributed by atoms with E-state index in [1.165, 1.54) is 17.0 Å². The highest BCUT2D eigenvalue weighted by molar-refractivity contribution is 5.78. The molecule has 114 valence electrons. The number of rotatable bonds is 4. The number of carboxylic acids is 1. The molecule has 0 bridgehead atoms. The molecule has 1 aromatic rings. The Bertz CT molecular complexity index is 542. The number of hydrogen-bond donors (Lipinski definition) is 1. The van der Waals surface area contributed by atoms with Gasteiger partial charge in [0, 0.05) is 13.1 Å². The number of aliphatic carboxylic acids is 1. The topological polar surface area (TPSA) is 66.8 Å². The molecular formula is C14H15F2NO4. The van der Waals surface area contributed by atoms with Gasteiger partial charge in [-0.25, -0.2) is 4.39 Å². The number of carbonyl (C=O) groups is 2. The summed E-state index contributed by atoms with van der Waals surface area (Å²) in [4.78, 5) is 24.2. The lowest BCUT2D eigenvalue weighted by molar-refractivity contribution is -0.146. The fraction of sp³-hybridized carbons (Fsp3) is 0.429. The lowest BCUT2D eigenvalue weighted by atomic mass is 9.97. The van der Waals surface area contributed by atoms with Crippen LogP contribution in [-0.4, -0.2) is 41.6 Å². The molecule has 0 saturated carbocycles. The summed E-state index contributed by atoms with van der Waals surface area (Å²) in [7, 11) is 0. The number of nitrogens with zero attached hydrogens (tertiary/aromatic N) is 1. The molecule has 0 spiro atoms. The quantitative estimate of drug-likeness (QED) is 0.918.